The van der Waals surface area contributed by atoms with E-state index >= 15 is 0 Å². The number of nitrogens with two attached hydrogens (primary N) is 1. The molecule has 2 aromatic heterocycles. The predicted molar refractivity (Wildman–Crippen MR) is 145 cm³/mol. The quantitative estimate of drug-likeness (QED) is 0.312. The number of fused-ring (bicyclic) bond motifs is 2. The molecule has 7 heteroatoms. The average molecular weight is 500 g/mol. The fourth-order valence-corrected chi connectivity index (χ4v) is 6.51. The lowest BCUT2D eigenvalue weighted by Crippen LogP contribution is -2.43. The molecular weight excluding hydrogens is 465 g/mol. The molecule has 0 radical (unpaired) electrons. The van der Waals surface area contributed by atoms with Crippen LogP contribution in [0.4, 0.5) is 4.39 Å². The molecule has 0 amide bonds. The van der Waals surface area contributed by atoms with Crippen LogP contribution >= 0.6 is 0 Å². The van der Waals surface area contributed by atoms with Gasteiger partial charge in [-0.3, -0.25) is 4.98 Å². The Morgan fingerprint density at radius 2 is 1.89 bits per heavy atom. The van der Waals surface area contributed by atoms with E-state index in [1.807, 2.05) is 23.0 Å². The molecule has 3 atom stereocenters. The molecule has 4 N–H and O–H groups in total. The fourth-order valence-electron chi connectivity index (χ4n) is 6.51. The lowest BCUT2D eigenvalue weighted by molar-refractivity contribution is 0.161. The van der Waals surface area contributed by atoms with Crippen LogP contribution in [0.15, 0.2) is 84.8 Å². The van der Waals surface area contributed by atoms with Crippen LogP contribution in [0.2, 0.25) is 0 Å². The molecule has 1 unspecified atom stereocenters. The Balaban J connectivity index is 0.000000277. The van der Waals surface area contributed by atoms with E-state index < -0.39 is 0 Å². The summed E-state index contributed by atoms with van der Waals surface area (Å²) in [6.07, 6.45) is 12.1. The molecule has 1 fully saturated rings. The van der Waals surface area contributed by atoms with E-state index in [9.17, 15) is 4.39 Å². The lowest BCUT2D eigenvalue weighted by Gasteiger charge is -2.46. The summed E-state index contributed by atoms with van der Waals surface area (Å²) in [7, 11) is 0. The largest absolute Gasteiger partial charge is 0.324 e. The minimum Gasteiger partial charge on any atom is -0.324 e. The van der Waals surface area contributed by atoms with Gasteiger partial charge < -0.3 is 10.9 Å². The molecular formula is C30H34FN5O. The Hall–Kier alpha value is -3.65. The number of benzene rings is 2. The van der Waals surface area contributed by atoms with E-state index in [-0.39, 0.29) is 20.1 Å². The first kappa shape index (κ1) is 23.7. The van der Waals surface area contributed by atoms with Crippen molar-refractivity contribution < 1.29 is 12.5 Å². The van der Waals surface area contributed by atoms with Gasteiger partial charge in [-0.05, 0) is 96.3 Å². The van der Waals surface area contributed by atoms with Gasteiger partial charge in [0.1, 0.15) is 5.82 Å². The Morgan fingerprint density at radius 1 is 1.11 bits per heavy atom. The van der Waals surface area contributed by atoms with Crippen molar-refractivity contribution in [1.82, 2.24) is 20.2 Å². The topological polar surface area (TPSA) is 89.0 Å². The second-order valence-electron chi connectivity index (χ2n) is 10.1. The molecule has 6 nitrogen and oxygen atoms in total. The van der Waals surface area contributed by atoms with Crippen LogP contribution in [0.5, 0.6) is 0 Å². The van der Waals surface area contributed by atoms with Gasteiger partial charge in [0.05, 0.1) is 17.6 Å². The van der Waals surface area contributed by atoms with Crippen LogP contribution in [0.25, 0.3) is 11.8 Å². The van der Waals surface area contributed by atoms with Gasteiger partial charge in [-0.25, -0.2) is 14.6 Å². The van der Waals surface area contributed by atoms with E-state index in [2.05, 4.69) is 45.9 Å². The number of rotatable bonds is 3. The number of hydrogen-bond donors (Lipinski definition) is 3. The monoisotopic (exact) mass is 499 g/mol. The van der Waals surface area contributed by atoms with Crippen molar-refractivity contribution in [3.8, 4) is 5.69 Å². The van der Waals surface area contributed by atoms with Crippen LogP contribution in [0.1, 0.15) is 56.1 Å². The van der Waals surface area contributed by atoms with Gasteiger partial charge in [-0.1, -0.05) is 29.8 Å². The number of pyridine rings is 1. The van der Waals surface area contributed by atoms with Crippen LogP contribution in [-0.4, -0.2) is 20.0 Å². The normalized spacial score (nSPS) is 23.1. The second-order valence-corrected chi connectivity index (χ2v) is 10.1. The number of aromatic nitrogens is 3. The molecule has 3 aliphatic rings. The number of nitrogens with zero attached hydrogens (tertiary/aromatic N) is 3. The predicted octanol–water partition coefficient (Wildman–Crippen LogP) is 5.75. The van der Waals surface area contributed by atoms with Crippen molar-refractivity contribution in [1.29, 1.82) is 0 Å². The third-order valence-electron chi connectivity index (χ3n) is 8.18. The first-order chi connectivity index (χ1) is 18.1. The summed E-state index contributed by atoms with van der Waals surface area (Å²) in [4.78, 5) is 3.82. The summed E-state index contributed by atoms with van der Waals surface area (Å²) in [5, 5.41) is 12.9. The van der Waals surface area contributed by atoms with Gasteiger partial charge in [0.15, 0.2) is 0 Å². The molecule has 7 rings (SSSR count). The smallest absolute Gasteiger partial charge is 0.123 e. The number of halogens is 1. The van der Waals surface area contributed by atoms with E-state index in [4.69, 9.17) is 10.9 Å². The third-order valence-corrected chi connectivity index (χ3v) is 8.18. The zero-order valence-corrected chi connectivity index (χ0v) is 20.5. The number of hydroxylamine groups is 1. The van der Waals surface area contributed by atoms with Gasteiger partial charge in [0.25, 0.3) is 0 Å². The van der Waals surface area contributed by atoms with E-state index in [0.29, 0.717) is 12.5 Å². The maximum absolute atomic E-state index is 13.3. The summed E-state index contributed by atoms with van der Waals surface area (Å²) in [5.74, 6) is 0.363. The van der Waals surface area contributed by atoms with Crippen molar-refractivity contribution in [2.24, 2.45) is 11.7 Å². The van der Waals surface area contributed by atoms with E-state index in [1.54, 1.807) is 24.5 Å². The van der Waals surface area contributed by atoms with Crippen LogP contribution in [0, 0.1) is 11.7 Å². The number of hydrogen-bond acceptors (Lipinski definition) is 5. The van der Waals surface area contributed by atoms with Gasteiger partial charge in [0.2, 0.25) is 0 Å². The highest BCUT2D eigenvalue weighted by Gasteiger charge is 2.53. The highest BCUT2D eigenvalue weighted by molar-refractivity contribution is 5.67. The maximum atomic E-state index is 13.3. The summed E-state index contributed by atoms with van der Waals surface area (Å²) in [6, 6.07) is 19.1. The lowest BCUT2D eigenvalue weighted by atomic mass is 9.58. The van der Waals surface area contributed by atoms with Crippen molar-refractivity contribution in [2.45, 2.75) is 43.7 Å². The fraction of sp³-hybridized carbons (Fsp3) is 0.267. The standard InChI is InChI=1S/C24H22FN3.C6H8N2O.2H2/c25-18-7-9-19(10-8-18)28-23-12-17-6-5-16-11-22(26)20-3-1-2-4-21(20)24(16,17)13-15(23)14-27-28;9-8-5-6-1-3-7-4-2-6;;/h1-4,7-10,12,14,16,22H,5-6,11,13,26H2;1-4,8-9H,5H2;2*1H/t16-,22?,24+;;;/m1.../s1. The summed E-state index contributed by atoms with van der Waals surface area (Å²) in [5.41, 5.74) is 17.2. The minimum atomic E-state index is -0.226. The van der Waals surface area contributed by atoms with Crippen molar-refractivity contribution in [3.63, 3.8) is 0 Å². The molecule has 192 valence electrons. The first-order valence-corrected chi connectivity index (χ1v) is 12.7. The van der Waals surface area contributed by atoms with Crippen molar-refractivity contribution in [2.75, 3.05) is 0 Å². The van der Waals surface area contributed by atoms with E-state index in [0.717, 1.165) is 36.2 Å². The first-order valence-electron chi connectivity index (χ1n) is 12.7. The molecule has 1 saturated carbocycles. The minimum absolute atomic E-state index is 0. The zero-order valence-electron chi connectivity index (χ0n) is 20.5. The van der Waals surface area contributed by atoms with Gasteiger partial charge >= 0.3 is 0 Å². The van der Waals surface area contributed by atoms with Gasteiger partial charge in [0, 0.05) is 33.2 Å². The van der Waals surface area contributed by atoms with Crippen LogP contribution in [0.3, 0.4) is 0 Å². The molecule has 2 aromatic carbocycles. The summed E-state index contributed by atoms with van der Waals surface area (Å²) >= 11 is 0. The van der Waals surface area contributed by atoms with Crippen molar-refractivity contribution in [3.05, 3.63) is 119 Å². The maximum Gasteiger partial charge on any atom is 0.123 e. The number of nitrogens with one attached hydrogen (secondary N) is 1. The molecule has 0 bridgehead atoms. The molecule has 2 heterocycles. The molecule has 37 heavy (non-hydrogen) atoms. The highest BCUT2D eigenvalue weighted by atomic mass is 19.1. The average Bonchev–Trinajstić information content (AvgIpc) is 3.50. The Bertz CT molecular complexity index is 1440. The Labute approximate surface area is 218 Å². The Kier molecular flexibility index (Phi) is 6.20. The zero-order chi connectivity index (χ0) is 25.4. The molecule has 1 spiro atoms. The molecule has 3 aliphatic carbocycles. The third kappa shape index (κ3) is 4.09. The van der Waals surface area contributed by atoms with Crippen molar-refractivity contribution >= 4 is 6.08 Å². The van der Waals surface area contributed by atoms with Crippen LogP contribution < -0.4 is 11.2 Å². The SMILES string of the molecule is NC1C[C@H]2CCC3=Cc4c(cnn4-c4ccc(F)cc4)C[C@@]32c2ccccc21.ONCc1ccncc1.[HH].[HH]. The summed E-state index contributed by atoms with van der Waals surface area (Å²) in [6.45, 7) is 0.475. The van der Waals surface area contributed by atoms with E-state index in [1.165, 1.54) is 40.8 Å². The second kappa shape index (κ2) is 9.67. The number of allylic oxidation sites excluding steroid dienone is 1. The summed E-state index contributed by atoms with van der Waals surface area (Å²) < 4.78 is 15.3. The molecule has 4 aromatic rings. The van der Waals surface area contributed by atoms with Crippen LogP contribution in [-0.2, 0) is 18.4 Å². The molecule has 0 aliphatic heterocycles. The molecule has 0 saturated heterocycles. The van der Waals surface area contributed by atoms with Gasteiger partial charge in [-0.2, -0.15) is 5.10 Å². The van der Waals surface area contributed by atoms with Gasteiger partial charge in [-0.15, -0.1) is 0 Å². The highest BCUT2D eigenvalue weighted by Crippen LogP contribution is 2.60. The Morgan fingerprint density at radius 3 is 2.68 bits per heavy atom.